The van der Waals surface area contributed by atoms with E-state index in [1.807, 2.05) is 0 Å². The van der Waals surface area contributed by atoms with E-state index in [0.29, 0.717) is 12.8 Å². The summed E-state index contributed by atoms with van der Waals surface area (Å²) in [4.78, 5) is 65.8. The number of unbranched alkanes of at least 4 members (excludes halogenated alkanes) is 1. The van der Waals surface area contributed by atoms with Gasteiger partial charge in [-0.1, -0.05) is 13.3 Å². The zero-order valence-corrected chi connectivity index (χ0v) is 20.2. The quantitative estimate of drug-likeness (QED) is 0.112. The summed E-state index contributed by atoms with van der Waals surface area (Å²) in [6.07, 6.45) is -5.35. The van der Waals surface area contributed by atoms with Crippen LogP contribution in [0.5, 0.6) is 0 Å². The molecular weight excluding hydrogens is 492 g/mol. The molecule has 0 radical (unpaired) electrons. The lowest BCUT2D eigenvalue weighted by atomic mass is 10.4. The molecule has 15 nitrogen and oxygen atoms in total. The highest BCUT2D eigenvalue weighted by molar-refractivity contribution is 7.54. The molecular formula is C16H29NO14P2. The Morgan fingerprint density at radius 2 is 1.55 bits per heavy atom. The van der Waals surface area contributed by atoms with Gasteiger partial charge >= 0.3 is 45.5 Å². The van der Waals surface area contributed by atoms with Gasteiger partial charge < -0.3 is 38.2 Å². The maximum Gasteiger partial charge on any atom is 0.414 e. The Balaban J connectivity index is 5.58. The van der Waals surface area contributed by atoms with Gasteiger partial charge in [-0.25, -0.2) is 9.59 Å². The van der Waals surface area contributed by atoms with Gasteiger partial charge in [-0.15, -0.1) is 0 Å². The molecule has 33 heavy (non-hydrogen) atoms. The topological polar surface area (TPSA) is 212 Å². The van der Waals surface area contributed by atoms with Gasteiger partial charge in [0, 0.05) is 0 Å². The lowest BCUT2D eigenvalue weighted by Gasteiger charge is -2.24. The third-order valence-electron chi connectivity index (χ3n) is 3.29. The van der Waals surface area contributed by atoms with Crippen LogP contribution in [0, 0.1) is 0 Å². The number of amides is 1. The number of carboxylic acids is 1. The van der Waals surface area contributed by atoms with Crippen molar-refractivity contribution in [2.45, 2.75) is 39.9 Å². The van der Waals surface area contributed by atoms with E-state index in [9.17, 15) is 28.3 Å². The molecule has 0 heterocycles. The van der Waals surface area contributed by atoms with Crippen molar-refractivity contribution in [3.8, 4) is 0 Å². The second-order valence-electron chi connectivity index (χ2n) is 6.23. The number of ether oxygens (including phenoxy) is 3. The van der Waals surface area contributed by atoms with E-state index in [1.54, 1.807) is 6.92 Å². The Labute approximate surface area is 189 Å². The summed E-state index contributed by atoms with van der Waals surface area (Å²) < 4.78 is 47.7. The van der Waals surface area contributed by atoms with E-state index < -0.39 is 64.5 Å². The largest absolute Gasteiger partial charge is 0.480 e. The molecule has 0 aliphatic heterocycles. The molecule has 1 atom stereocenters. The van der Waals surface area contributed by atoms with E-state index in [1.165, 1.54) is 13.8 Å². The minimum absolute atomic E-state index is 0.0748. The Kier molecular flexibility index (Phi) is 14.1. The third-order valence-corrected chi connectivity index (χ3v) is 5.95. The highest BCUT2D eigenvalue weighted by Gasteiger charge is 2.36. The molecule has 0 aromatic rings. The Morgan fingerprint density at radius 1 is 0.970 bits per heavy atom. The lowest BCUT2D eigenvalue weighted by Crippen LogP contribution is -2.42. The van der Waals surface area contributed by atoms with Crippen molar-refractivity contribution in [1.82, 2.24) is 4.90 Å². The summed E-state index contributed by atoms with van der Waals surface area (Å²) in [6.45, 7) is 3.28. The molecule has 0 fully saturated rings. The van der Waals surface area contributed by atoms with Crippen LogP contribution < -0.4 is 0 Å². The summed E-state index contributed by atoms with van der Waals surface area (Å²) in [5.41, 5.74) is 0. The number of carbonyl (C=O) groups excluding carboxylic acids is 3. The summed E-state index contributed by atoms with van der Waals surface area (Å²) in [7, 11) is -8.87. The van der Waals surface area contributed by atoms with Crippen molar-refractivity contribution in [2.24, 2.45) is 0 Å². The highest BCUT2D eigenvalue weighted by atomic mass is 31.2. The number of hydrogen-bond acceptors (Lipinski definition) is 11. The number of esters is 2. The number of hydrogen-bond donors (Lipinski definition) is 3. The summed E-state index contributed by atoms with van der Waals surface area (Å²) in [6, 6.07) is 0. The molecule has 0 rings (SSSR count). The van der Waals surface area contributed by atoms with Crippen molar-refractivity contribution in [3.05, 3.63) is 0 Å². The average Bonchev–Trinajstić information content (AvgIpc) is 2.65. The highest BCUT2D eigenvalue weighted by Crippen LogP contribution is 2.47. The van der Waals surface area contributed by atoms with E-state index >= 15 is 0 Å². The van der Waals surface area contributed by atoms with Gasteiger partial charge in [0.05, 0.1) is 19.8 Å². The maximum absolute atomic E-state index is 12.5. The second kappa shape index (κ2) is 15.0. The number of rotatable bonds is 16. The van der Waals surface area contributed by atoms with Crippen LogP contribution >= 0.6 is 15.2 Å². The molecule has 0 aromatic heterocycles. The third kappa shape index (κ3) is 14.0. The van der Waals surface area contributed by atoms with Gasteiger partial charge in [-0.2, -0.15) is 0 Å². The van der Waals surface area contributed by atoms with Crippen LogP contribution in [0.25, 0.3) is 0 Å². The first-order valence-electron chi connectivity index (χ1n) is 9.73. The molecule has 0 aliphatic carbocycles. The molecule has 3 N–H and O–H groups in total. The fourth-order valence-corrected chi connectivity index (χ4v) is 4.16. The maximum atomic E-state index is 12.5. The predicted molar refractivity (Wildman–Crippen MR) is 109 cm³/mol. The van der Waals surface area contributed by atoms with Crippen molar-refractivity contribution in [3.63, 3.8) is 0 Å². The van der Waals surface area contributed by atoms with E-state index in [4.69, 9.17) is 33.4 Å². The van der Waals surface area contributed by atoms with Crippen LogP contribution in [0.2, 0.25) is 0 Å². The van der Waals surface area contributed by atoms with E-state index in [2.05, 4.69) is 4.74 Å². The normalized spacial score (nSPS) is 12.5. The lowest BCUT2D eigenvalue weighted by molar-refractivity contribution is -0.191. The van der Waals surface area contributed by atoms with Gasteiger partial charge in [-0.05, 0) is 20.3 Å². The van der Waals surface area contributed by atoms with Crippen LogP contribution in [0.4, 0.5) is 4.79 Å². The SMILES string of the molecule is CCCCOC(=O)C(OC(=O)CP(=O)(OCC)OCC)OC(=O)N(CC(=O)O)CP(=O)(O)O. The van der Waals surface area contributed by atoms with Crippen LogP contribution in [0.3, 0.4) is 0 Å². The van der Waals surface area contributed by atoms with Crippen LogP contribution in [-0.4, -0.2) is 88.9 Å². The zero-order chi connectivity index (χ0) is 25.7. The monoisotopic (exact) mass is 521 g/mol. The smallest absolute Gasteiger partial charge is 0.414 e. The van der Waals surface area contributed by atoms with Gasteiger partial charge in [0.15, 0.2) is 0 Å². The molecule has 0 aromatic carbocycles. The number of carbonyl (C=O) groups is 4. The van der Waals surface area contributed by atoms with Crippen molar-refractivity contribution >= 4 is 39.2 Å². The minimum atomic E-state index is -4.92. The second-order valence-corrected chi connectivity index (χ2v) is 9.90. The first kappa shape index (κ1) is 31.0. The Morgan fingerprint density at radius 3 is 2.00 bits per heavy atom. The first-order valence-corrected chi connectivity index (χ1v) is 13.3. The first-order chi connectivity index (χ1) is 15.3. The van der Waals surface area contributed by atoms with Crippen LogP contribution in [-0.2, 0) is 46.8 Å². The van der Waals surface area contributed by atoms with Crippen LogP contribution in [0.1, 0.15) is 33.6 Å². The standard InChI is InChI=1S/C16H29NO14P2/c1-4-7-8-27-14(21)15(30-13(20)10-33(26,28-5-2)29-6-3)31-16(22)17(9-12(18)19)11-32(23,24)25/h15H,4-11H2,1-3H3,(H,18,19)(H2,23,24,25). The number of nitrogens with zero attached hydrogens (tertiary/aromatic N) is 1. The summed E-state index contributed by atoms with van der Waals surface area (Å²) in [5.74, 6) is -4.35. The fraction of sp³-hybridized carbons (Fsp3) is 0.750. The van der Waals surface area contributed by atoms with Gasteiger partial charge in [0.25, 0.3) is 0 Å². The molecule has 0 aliphatic rings. The van der Waals surface area contributed by atoms with E-state index in [0.717, 1.165) is 0 Å². The fourth-order valence-electron chi connectivity index (χ4n) is 2.07. The summed E-state index contributed by atoms with van der Waals surface area (Å²) >= 11 is 0. The molecule has 1 amide bonds. The average molecular weight is 521 g/mol. The molecule has 0 saturated carbocycles. The molecule has 1 unspecified atom stereocenters. The van der Waals surface area contributed by atoms with Crippen molar-refractivity contribution in [2.75, 3.05) is 38.8 Å². The molecule has 192 valence electrons. The van der Waals surface area contributed by atoms with E-state index in [-0.39, 0.29) is 24.7 Å². The van der Waals surface area contributed by atoms with Gasteiger partial charge in [-0.3, -0.25) is 23.6 Å². The Hall–Kier alpha value is -2.02. The van der Waals surface area contributed by atoms with Crippen molar-refractivity contribution < 1.29 is 66.5 Å². The predicted octanol–water partition coefficient (Wildman–Crippen LogP) is 1.12. The molecule has 0 spiro atoms. The Bertz CT molecular complexity index is 756. The molecule has 17 heteroatoms. The molecule has 0 saturated heterocycles. The van der Waals surface area contributed by atoms with Gasteiger partial charge in [0.2, 0.25) is 0 Å². The zero-order valence-electron chi connectivity index (χ0n) is 18.4. The van der Waals surface area contributed by atoms with Gasteiger partial charge in [0.1, 0.15) is 19.0 Å². The van der Waals surface area contributed by atoms with Crippen molar-refractivity contribution in [1.29, 1.82) is 0 Å². The molecule has 0 bridgehead atoms. The number of aliphatic carboxylic acids is 1. The van der Waals surface area contributed by atoms with Crippen LogP contribution in [0.15, 0.2) is 0 Å². The number of carboxylic acid groups (broad SMARTS) is 1. The summed E-state index contributed by atoms with van der Waals surface area (Å²) in [5, 5.41) is 8.85. The minimum Gasteiger partial charge on any atom is -0.480 e.